The second kappa shape index (κ2) is 5.96. The van der Waals surface area contributed by atoms with E-state index in [4.69, 9.17) is 9.47 Å². The molecule has 3 rings (SSSR count). The summed E-state index contributed by atoms with van der Waals surface area (Å²) in [7, 11) is 0. The summed E-state index contributed by atoms with van der Waals surface area (Å²) in [6, 6.07) is 10.9. The van der Waals surface area contributed by atoms with Crippen LogP contribution in [-0.4, -0.2) is 22.8 Å². The van der Waals surface area contributed by atoms with Crippen molar-refractivity contribution < 1.29 is 24.3 Å². The molecule has 7 heteroatoms. The number of nitro groups is 1. The molecule has 0 bridgehead atoms. The number of nitrogens with zero attached hydrogens (tertiary/aromatic N) is 1. The Morgan fingerprint density at radius 1 is 1.17 bits per heavy atom. The van der Waals surface area contributed by atoms with E-state index in [-0.39, 0.29) is 18.9 Å². The number of carbonyl (C=O) groups is 1. The van der Waals surface area contributed by atoms with Gasteiger partial charge in [-0.3, -0.25) is 14.9 Å². The van der Waals surface area contributed by atoms with E-state index in [1.54, 1.807) is 18.2 Å². The number of carboxylic acid groups (broad SMARTS) is 1. The lowest BCUT2D eigenvalue weighted by Crippen LogP contribution is -2.14. The number of fused-ring (bicyclic) bond motifs is 1. The first-order chi connectivity index (χ1) is 11.0. The number of aliphatic carboxylic acids is 1. The SMILES string of the molecule is O=C(O)C(Cc1ccc2c(c1)OCO2)c1ccc([N+](=O)[O-])cc1. The van der Waals surface area contributed by atoms with Crippen LogP contribution in [0.4, 0.5) is 5.69 Å². The quantitative estimate of drug-likeness (QED) is 0.673. The normalized spacial score (nSPS) is 13.6. The molecule has 1 aliphatic rings. The first kappa shape index (κ1) is 14.8. The fraction of sp³-hybridized carbons (Fsp3) is 0.188. The molecular weight excluding hydrogens is 302 g/mol. The Bertz CT molecular complexity index is 756. The Morgan fingerprint density at radius 2 is 1.87 bits per heavy atom. The smallest absolute Gasteiger partial charge is 0.311 e. The molecule has 0 spiro atoms. The minimum atomic E-state index is -0.989. The molecule has 0 fully saturated rings. The largest absolute Gasteiger partial charge is 0.481 e. The molecule has 1 heterocycles. The van der Waals surface area contributed by atoms with Gasteiger partial charge in [0.15, 0.2) is 11.5 Å². The van der Waals surface area contributed by atoms with Crippen LogP contribution in [0.3, 0.4) is 0 Å². The fourth-order valence-electron chi connectivity index (χ4n) is 2.48. The van der Waals surface area contributed by atoms with Crippen LogP contribution in [0.2, 0.25) is 0 Å². The second-order valence-electron chi connectivity index (χ2n) is 5.13. The lowest BCUT2D eigenvalue weighted by Gasteiger charge is -2.13. The number of benzene rings is 2. The molecule has 7 nitrogen and oxygen atoms in total. The molecule has 1 unspecified atom stereocenters. The number of hydrogen-bond donors (Lipinski definition) is 1. The van der Waals surface area contributed by atoms with Crippen LogP contribution in [0.15, 0.2) is 42.5 Å². The second-order valence-corrected chi connectivity index (χ2v) is 5.13. The van der Waals surface area contributed by atoms with Crippen LogP contribution in [0.1, 0.15) is 17.0 Å². The maximum atomic E-state index is 11.6. The van der Waals surface area contributed by atoms with Gasteiger partial charge >= 0.3 is 5.97 Å². The van der Waals surface area contributed by atoms with Gasteiger partial charge in [0.25, 0.3) is 5.69 Å². The van der Waals surface area contributed by atoms with Gasteiger partial charge in [0, 0.05) is 12.1 Å². The van der Waals surface area contributed by atoms with E-state index >= 15 is 0 Å². The van der Waals surface area contributed by atoms with Crippen molar-refractivity contribution in [3.05, 3.63) is 63.7 Å². The van der Waals surface area contributed by atoms with Crippen molar-refractivity contribution in [3.63, 3.8) is 0 Å². The van der Waals surface area contributed by atoms with Gasteiger partial charge in [0.05, 0.1) is 10.8 Å². The molecule has 118 valence electrons. The lowest BCUT2D eigenvalue weighted by molar-refractivity contribution is -0.384. The summed E-state index contributed by atoms with van der Waals surface area (Å²) in [4.78, 5) is 21.7. The van der Waals surface area contributed by atoms with E-state index in [9.17, 15) is 20.0 Å². The summed E-state index contributed by atoms with van der Waals surface area (Å²) in [5.74, 6) is -0.556. The Morgan fingerprint density at radius 3 is 2.52 bits per heavy atom. The molecule has 0 aromatic heterocycles. The third-order valence-corrected chi connectivity index (χ3v) is 3.68. The van der Waals surface area contributed by atoms with E-state index in [1.807, 2.05) is 0 Å². The van der Waals surface area contributed by atoms with Crippen molar-refractivity contribution in [2.45, 2.75) is 12.3 Å². The van der Waals surface area contributed by atoms with Gasteiger partial charge in [-0.15, -0.1) is 0 Å². The summed E-state index contributed by atoms with van der Waals surface area (Å²) >= 11 is 0. The molecular formula is C16H13NO6. The summed E-state index contributed by atoms with van der Waals surface area (Å²) in [6.45, 7) is 0.156. The van der Waals surface area contributed by atoms with Gasteiger partial charge in [0.2, 0.25) is 6.79 Å². The summed E-state index contributed by atoms with van der Waals surface area (Å²) in [6.07, 6.45) is 0.254. The van der Waals surface area contributed by atoms with Gasteiger partial charge < -0.3 is 14.6 Å². The van der Waals surface area contributed by atoms with E-state index in [0.717, 1.165) is 5.56 Å². The first-order valence-corrected chi connectivity index (χ1v) is 6.90. The zero-order chi connectivity index (χ0) is 16.4. The number of rotatable bonds is 5. The molecule has 1 aliphatic heterocycles. The van der Waals surface area contributed by atoms with Crippen LogP contribution < -0.4 is 9.47 Å². The molecule has 0 saturated heterocycles. The number of carboxylic acids is 1. The van der Waals surface area contributed by atoms with Gasteiger partial charge in [-0.2, -0.15) is 0 Å². The van der Waals surface area contributed by atoms with Crippen molar-refractivity contribution in [2.75, 3.05) is 6.79 Å². The number of ether oxygens (including phenoxy) is 2. The third kappa shape index (κ3) is 3.08. The van der Waals surface area contributed by atoms with Gasteiger partial charge in [-0.25, -0.2) is 0 Å². The van der Waals surface area contributed by atoms with Crippen molar-refractivity contribution in [1.82, 2.24) is 0 Å². The Hall–Kier alpha value is -3.09. The number of non-ortho nitro benzene ring substituents is 1. The minimum Gasteiger partial charge on any atom is -0.481 e. The molecule has 2 aromatic rings. The molecule has 23 heavy (non-hydrogen) atoms. The summed E-state index contributed by atoms with van der Waals surface area (Å²) in [5, 5.41) is 20.1. The molecule has 0 radical (unpaired) electrons. The van der Waals surface area contributed by atoms with Gasteiger partial charge in [-0.1, -0.05) is 18.2 Å². The molecule has 1 atom stereocenters. The highest BCUT2D eigenvalue weighted by Gasteiger charge is 2.22. The number of hydrogen-bond acceptors (Lipinski definition) is 5. The average molecular weight is 315 g/mol. The minimum absolute atomic E-state index is 0.0685. The zero-order valence-electron chi connectivity index (χ0n) is 12.0. The third-order valence-electron chi connectivity index (χ3n) is 3.68. The summed E-state index contributed by atoms with van der Waals surface area (Å²) in [5.41, 5.74) is 1.24. The van der Waals surface area contributed by atoms with Crippen LogP contribution in [0.5, 0.6) is 11.5 Å². The predicted molar refractivity (Wildman–Crippen MR) is 79.7 cm³/mol. The maximum absolute atomic E-state index is 11.6. The van der Waals surface area contributed by atoms with E-state index < -0.39 is 16.8 Å². The van der Waals surface area contributed by atoms with E-state index in [1.165, 1.54) is 24.3 Å². The Balaban J connectivity index is 1.84. The monoisotopic (exact) mass is 315 g/mol. The predicted octanol–water partition coefficient (Wildman–Crippen LogP) is 2.73. The van der Waals surface area contributed by atoms with Crippen LogP contribution in [-0.2, 0) is 11.2 Å². The molecule has 2 aromatic carbocycles. The van der Waals surface area contributed by atoms with Crippen molar-refractivity contribution >= 4 is 11.7 Å². The lowest BCUT2D eigenvalue weighted by atomic mass is 9.92. The highest BCUT2D eigenvalue weighted by molar-refractivity contribution is 5.76. The highest BCUT2D eigenvalue weighted by Crippen LogP contribution is 2.34. The maximum Gasteiger partial charge on any atom is 0.311 e. The van der Waals surface area contributed by atoms with Gasteiger partial charge in [0.1, 0.15) is 0 Å². The Kier molecular flexibility index (Phi) is 3.84. The zero-order valence-corrected chi connectivity index (χ0v) is 12.0. The van der Waals surface area contributed by atoms with Gasteiger partial charge in [-0.05, 0) is 29.7 Å². The highest BCUT2D eigenvalue weighted by atomic mass is 16.7. The number of nitro benzene ring substituents is 1. The Labute approximate surface area is 131 Å². The average Bonchev–Trinajstić information content (AvgIpc) is 3.00. The molecule has 0 saturated carbocycles. The van der Waals surface area contributed by atoms with E-state index in [0.29, 0.717) is 17.1 Å². The summed E-state index contributed by atoms with van der Waals surface area (Å²) < 4.78 is 10.5. The van der Waals surface area contributed by atoms with E-state index in [2.05, 4.69) is 0 Å². The van der Waals surface area contributed by atoms with Crippen LogP contribution in [0, 0.1) is 10.1 Å². The topological polar surface area (TPSA) is 98.9 Å². The molecule has 1 N–H and O–H groups in total. The fourth-order valence-corrected chi connectivity index (χ4v) is 2.48. The standard InChI is InChI=1S/C16H13NO6/c18-16(19)13(11-2-4-12(5-3-11)17(20)21)7-10-1-6-14-15(8-10)23-9-22-14/h1-6,8,13H,7,9H2,(H,18,19). The van der Waals surface area contributed by atoms with Crippen molar-refractivity contribution in [2.24, 2.45) is 0 Å². The van der Waals surface area contributed by atoms with Crippen molar-refractivity contribution in [1.29, 1.82) is 0 Å². The molecule has 0 amide bonds. The van der Waals surface area contributed by atoms with Crippen molar-refractivity contribution in [3.8, 4) is 11.5 Å². The van der Waals surface area contributed by atoms with Crippen LogP contribution >= 0.6 is 0 Å². The molecule has 0 aliphatic carbocycles. The van der Waals surface area contributed by atoms with Crippen LogP contribution in [0.25, 0.3) is 0 Å². The first-order valence-electron chi connectivity index (χ1n) is 6.90.